The van der Waals surface area contributed by atoms with Crippen molar-refractivity contribution in [2.24, 2.45) is 0 Å². The van der Waals surface area contributed by atoms with E-state index in [2.05, 4.69) is 0 Å². The molecular weight excluding hydrogens is 412 g/mol. The van der Waals surface area contributed by atoms with Crippen LogP contribution in [0.25, 0.3) is 0 Å². The third-order valence-electron chi connectivity index (χ3n) is 5.88. The first kappa shape index (κ1) is 21.8. The molecule has 0 unspecified atom stereocenters. The highest BCUT2D eigenvalue weighted by atomic mass is 16.7. The Labute approximate surface area is 185 Å². The van der Waals surface area contributed by atoms with Crippen LogP contribution in [0.3, 0.4) is 0 Å². The molecule has 7 heteroatoms. The molecule has 2 aliphatic rings. The molecule has 0 aromatic heterocycles. The lowest BCUT2D eigenvalue weighted by Gasteiger charge is -2.43. The second-order valence-corrected chi connectivity index (χ2v) is 8.75. The zero-order chi connectivity index (χ0) is 23.4. The van der Waals surface area contributed by atoms with Crippen LogP contribution >= 0.6 is 0 Å². The number of Topliss-reactive ketones (excluding diaryl/α,β-unsaturated/α-hetero) is 1. The molecule has 0 spiro atoms. The van der Waals surface area contributed by atoms with Gasteiger partial charge < -0.3 is 29.9 Å². The first-order chi connectivity index (χ1) is 15.0. The van der Waals surface area contributed by atoms with E-state index in [9.17, 15) is 25.2 Å². The lowest BCUT2D eigenvalue weighted by Crippen LogP contribution is -2.62. The van der Waals surface area contributed by atoms with Crippen LogP contribution < -0.4 is 9.47 Å². The number of allylic oxidation sites excluding steroid dienone is 3. The fraction of sp³-hybridized carbons (Fsp3) is 0.320. The van der Waals surface area contributed by atoms with Crippen LogP contribution in [0.5, 0.6) is 28.7 Å². The summed E-state index contributed by atoms with van der Waals surface area (Å²) in [7, 11) is 0. The maximum absolute atomic E-state index is 13.7. The number of aliphatic hydroxyl groups is 1. The summed E-state index contributed by atoms with van der Waals surface area (Å²) in [6.07, 6.45) is 3.87. The predicted octanol–water partition coefficient (Wildman–Crippen LogP) is 4.22. The van der Waals surface area contributed by atoms with Gasteiger partial charge in [0.25, 0.3) is 0 Å². The van der Waals surface area contributed by atoms with Crippen molar-refractivity contribution >= 4 is 5.78 Å². The first-order valence-electron chi connectivity index (χ1n) is 10.3. The van der Waals surface area contributed by atoms with Crippen molar-refractivity contribution in [3.63, 3.8) is 0 Å². The number of aromatic hydroxyl groups is 3. The molecule has 0 aliphatic carbocycles. The molecule has 0 bridgehead atoms. The summed E-state index contributed by atoms with van der Waals surface area (Å²) in [5.74, 6) is -4.10. The number of phenols is 3. The number of ether oxygens (including phenoxy) is 2. The normalized spacial score (nSPS) is 22.7. The maximum atomic E-state index is 13.7. The second kappa shape index (κ2) is 7.31. The van der Waals surface area contributed by atoms with Gasteiger partial charge in [-0.05, 0) is 46.2 Å². The maximum Gasteiger partial charge on any atom is 0.318 e. The Morgan fingerprint density at radius 3 is 2.31 bits per heavy atom. The lowest BCUT2D eigenvalue weighted by molar-refractivity contribution is -0.201. The molecule has 0 fully saturated rings. The molecule has 2 heterocycles. The van der Waals surface area contributed by atoms with Crippen molar-refractivity contribution in [2.75, 3.05) is 0 Å². The lowest BCUT2D eigenvalue weighted by atomic mass is 9.77. The molecule has 2 aliphatic heterocycles. The Morgan fingerprint density at radius 1 is 0.969 bits per heavy atom. The molecule has 4 rings (SSSR count). The Kier molecular flexibility index (Phi) is 4.97. The highest BCUT2D eigenvalue weighted by Gasteiger charge is 2.69. The molecular formula is C25H26O7. The van der Waals surface area contributed by atoms with Gasteiger partial charge in [-0.2, -0.15) is 0 Å². The number of phenolic OH excluding ortho intramolecular Hbond substituents is 3. The molecule has 2 atom stereocenters. The van der Waals surface area contributed by atoms with E-state index in [4.69, 9.17) is 9.47 Å². The minimum atomic E-state index is -2.48. The van der Waals surface area contributed by atoms with Gasteiger partial charge in [-0.3, -0.25) is 4.79 Å². The molecule has 0 saturated carbocycles. The summed E-state index contributed by atoms with van der Waals surface area (Å²) >= 11 is 0. The van der Waals surface area contributed by atoms with E-state index in [1.807, 2.05) is 27.7 Å². The van der Waals surface area contributed by atoms with Crippen LogP contribution in [0, 0.1) is 0 Å². The molecule has 7 nitrogen and oxygen atoms in total. The first-order valence-corrected chi connectivity index (χ1v) is 10.3. The quantitative estimate of drug-likeness (QED) is 0.528. The molecule has 0 amide bonds. The topological polar surface area (TPSA) is 116 Å². The Hall–Kier alpha value is -3.45. The number of fused-ring (bicyclic) bond motifs is 4. The predicted molar refractivity (Wildman–Crippen MR) is 117 cm³/mol. The molecule has 0 radical (unpaired) electrons. The Balaban J connectivity index is 1.95. The van der Waals surface area contributed by atoms with E-state index < -0.39 is 22.9 Å². The van der Waals surface area contributed by atoms with Crippen molar-refractivity contribution in [3.8, 4) is 28.7 Å². The van der Waals surface area contributed by atoms with Gasteiger partial charge in [-0.25, -0.2) is 0 Å². The van der Waals surface area contributed by atoms with Crippen molar-refractivity contribution in [1.82, 2.24) is 0 Å². The fourth-order valence-corrected chi connectivity index (χ4v) is 4.18. The SMILES string of the molecule is CC(C)=CCc1c(O)cc2c(c1O)C(=O)[C@]1(O)Oc3cc(O)ccc3[C@]1(CC=C(C)C)O2. The van der Waals surface area contributed by atoms with Gasteiger partial charge in [0.2, 0.25) is 11.4 Å². The Bertz CT molecular complexity index is 1190. The van der Waals surface area contributed by atoms with Gasteiger partial charge in [-0.15, -0.1) is 0 Å². The third-order valence-corrected chi connectivity index (χ3v) is 5.88. The van der Waals surface area contributed by atoms with E-state index in [-0.39, 0.29) is 47.0 Å². The number of benzene rings is 2. The van der Waals surface area contributed by atoms with Crippen LogP contribution in [-0.2, 0) is 12.0 Å². The van der Waals surface area contributed by atoms with Crippen LogP contribution in [0.2, 0.25) is 0 Å². The van der Waals surface area contributed by atoms with Crippen molar-refractivity contribution in [1.29, 1.82) is 0 Å². The summed E-state index contributed by atoms with van der Waals surface area (Å²) in [6, 6.07) is 5.53. The number of carbonyl (C=O) groups excluding carboxylic acids is 1. The number of hydrogen-bond acceptors (Lipinski definition) is 7. The number of rotatable bonds is 4. The van der Waals surface area contributed by atoms with Gasteiger partial charge in [-0.1, -0.05) is 23.3 Å². The van der Waals surface area contributed by atoms with E-state index in [1.165, 1.54) is 24.3 Å². The molecule has 2 aromatic rings. The van der Waals surface area contributed by atoms with E-state index in [1.54, 1.807) is 12.2 Å². The standard InChI is InChI=1S/C25H26O7/c1-13(2)5-7-16-18(27)12-20-21(22(16)28)23(29)25(30)24(31-20,10-9-14(3)4)17-8-6-15(26)11-19(17)32-25/h5-6,8-9,11-12,26-28,30H,7,10H2,1-4H3/t24-,25-/m0/s1. The molecule has 32 heavy (non-hydrogen) atoms. The monoisotopic (exact) mass is 438 g/mol. The minimum absolute atomic E-state index is 0.0534. The summed E-state index contributed by atoms with van der Waals surface area (Å²) in [6.45, 7) is 7.49. The smallest absolute Gasteiger partial charge is 0.318 e. The fourth-order valence-electron chi connectivity index (χ4n) is 4.18. The highest BCUT2D eigenvalue weighted by Crippen LogP contribution is 2.58. The minimum Gasteiger partial charge on any atom is -0.508 e. The molecule has 168 valence electrons. The van der Waals surface area contributed by atoms with E-state index in [0.717, 1.165) is 11.1 Å². The average molecular weight is 438 g/mol. The summed E-state index contributed by atoms with van der Waals surface area (Å²) in [4.78, 5) is 13.7. The summed E-state index contributed by atoms with van der Waals surface area (Å²) < 4.78 is 11.9. The number of ketones is 1. The number of hydrogen-bond donors (Lipinski definition) is 4. The summed E-state index contributed by atoms with van der Waals surface area (Å²) in [5, 5.41) is 43.0. The van der Waals surface area contributed by atoms with Crippen LogP contribution in [-0.4, -0.2) is 32.0 Å². The van der Waals surface area contributed by atoms with E-state index in [0.29, 0.717) is 5.56 Å². The molecule has 0 saturated heterocycles. The van der Waals surface area contributed by atoms with Crippen LogP contribution in [0.15, 0.2) is 47.6 Å². The van der Waals surface area contributed by atoms with Gasteiger partial charge in [0.05, 0.1) is 0 Å². The van der Waals surface area contributed by atoms with Gasteiger partial charge >= 0.3 is 5.79 Å². The van der Waals surface area contributed by atoms with Crippen molar-refractivity contribution < 1.29 is 34.7 Å². The van der Waals surface area contributed by atoms with Crippen molar-refractivity contribution in [2.45, 2.75) is 51.9 Å². The third kappa shape index (κ3) is 3.04. The Morgan fingerprint density at radius 2 is 1.66 bits per heavy atom. The largest absolute Gasteiger partial charge is 0.508 e. The number of carbonyl (C=O) groups is 1. The molecule has 2 aromatic carbocycles. The summed E-state index contributed by atoms with van der Waals surface area (Å²) in [5.41, 5.74) is 0.499. The second-order valence-electron chi connectivity index (χ2n) is 8.75. The highest BCUT2D eigenvalue weighted by molar-refractivity contribution is 6.09. The van der Waals surface area contributed by atoms with Gasteiger partial charge in [0, 0.05) is 29.7 Å². The van der Waals surface area contributed by atoms with Crippen molar-refractivity contribution in [3.05, 3.63) is 64.3 Å². The zero-order valence-electron chi connectivity index (χ0n) is 18.4. The van der Waals surface area contributed by atoms with Crippen LogP contribution in [0.1, 0.15) is 55.6 Å². The molecule has 4 N–H and O–H groups in total. The van der Waals surface area contributed by atoms with Gasteiger partial charge in [0.15, 0.2) is 0 Å². The average Bonchev–Trinajstić information content (AvgIpc) is 2.94. The zero-order valence-corrected chi connectivity index (χ0v) is 18.4. The van der Waals surface area contributed by atoms with E-state index >= 15 is 0 Å². The van der Waals surface area contributed by atoms with Crippen LogP contribution in [0.4, 0.5) is 0 Å². The van der Waals surface area contributed by atoms with Gasteiger partial charge in [0.1, 0.15) is 34.3 Å².